The van der Waals surface area contributed by atoms with Crippen LogP contribution >= 0.6 is 0 Å². The van der Waals surface area contributed by atoms with E-state index in [0.29, 0.717) is 12.8 Å². The molecular formula is C57H105NO11. The van der Waals surface area contributed by atoms with E-state index in [0.717, 1.165) is 38.5 Å². The van der Waals surface area contributed by atoms with Crippen LogP contribution in [0.1, 0.15) is 286 Å². The summed E-state index contributed by atoms with van der Waals surface area (Å²) in [4.78, 5) is 62.0. The summed E-state index contributed by atoms with van der Waals surface area (Å²) >= 11 is 0. The first kappa shape index (κ1) is 64.3. The summed E-state index contributed by atoms with van der Waals surface area (Å²) in [6, 6.07) is -0.360. The van der Waals surface area contributed by atoms with Gasteiger partial charge >= 0.3 is 23.9 Å². The molecule has 12 heteroatoms. The summed E-state index contributed by atoms with van der Waals surface area (Å²) in [5, 5.41) is 3.20. The first-order valence-electron chi connectivity index (χ1n) is 28.7. The summed E-state index contributed by atoms with van der Waals surface area (Å²) in [6.45, 7) is 9.03. The van der Waals surface area contributed by atoms with Gasteiger partial charge in [0, 0.05) is 34.1 Å². The van der Waals surface area contributed by atoms with Gasteiger partial charge < -0.3 is 33.7 Å². The maximum Gasteiger partial charge on any atom is 0.303 e. The van der Waals surface area contributed by atoms with Gasteiger partial charge in [-0.3, -0.25) is 24.0 Å². The highest BCUT2D eigenvalue weighted by molar-refractivity contribution is 5.76. The minimum Gasteiger partial charge on any atom is -0.463 e. The van der Waals surface area contributed by atoms with Crippen LogP contribution < -0.4 is 5.32 Å². The quantitative estimate of drug-likeness (QED) is 0.0352. The van der Waals surface area contributed by atoms with Gasteiger partial charge in [0.05, 0.1) is 12.6 Å². The van der Waals surface area contributed by atoms with Crippen molar-refractivity contribution in [3.05, 3.63) is 0 Å². The van der Waals surface area contributed by atoms with Gasteiger partial charge in [-0.2, -0.15) is 0 Å². The molecule has 0 aromatic heterocycles. The second kappa shape index (κ2) is 45.2. The Morgan fingerprint density at radius 1 is 0.420 bits per heavy atom. The molecular weight excluding hydrogens is 875 g/mol. The van der Waals surface area contributed by atoms with Gasteiger partial charge in [0.2, 0.25) is 5.91 Å². The van der Waals surface area contributed by atoms with Crippen molar-refractivity contribution >= 4 is 29.8 Å². The first-order valence-corrected chi connectivity index (χ1v) is 28.7. The van der Waals surface area contributed by atoms with E-state index in [9.17, 15) is 24.0 Å². The molecule has 1 N–H and O–H groups in total. The van der Waals surface area contributed by atoms with Crippen molar-refractivity contribution in [2.24, 2.45) is 0 Å². The van der Waals surface area contributed by atoms with Gasteiger partial charge in [0.1, 0.15) is 12.7 Å². The molecule has 1 heterocycles. The summed E-state index contributed by atoms with van der Waals surface area (Å²) in [7, 11) is 0. The molecule has 0 unspecified atom stereocenters. The molecule has 1 fully saturated rings. The van der Waals surface area contributed by atoms with Crippen LogP contribution in [0.15, 0.2) is 0 Å². The van der Waals surface area contributed by atoms with Crippen molar-refractivity contribution in [2.75, 3.05) is 13.2 Å². The highest BCUT2D eigenvalue weighted by atomic mass is 16.7. The fourth-order valence-corrected chi connectivity index (χ4v) is 9.51. The number of ether oxygens (including phenoxy) is 6. The zero-order valence-electron chi connectivity index (χ0n) is 45.2. The topological polar surface area (TPSA) is 153 Å². The molecule has 0 radical (unpaired) electrons. The third-order valence-electron chi connectivity index (χ3n) is 13.4. The minimum absolute atomic E-state index is 0.0249. The predicted molar refractivity (Wildman–Crippen MR) is 277 cm³/mol. The number of carbonyl (C=O) groups is 5. The average Bonchev–Trinajstić information content (AvgIpc) is 3.30. The Bertz CT molecular complexity index is 1280. The van der Waals surface area contributed by atoms with Crippen molar-refractivity contribution < 1.29 is 52.4 Å². The highest BCUT2D eigenvalue weighted by Crippen LogP contribution is 2.30. The molecule has 1 rings (SSSR count). The molecule has 0 aliphatic carbocycles. The van der Waals surface area contributed by atoms with Crippen LogP contribution in [0.2, 0.25) is 0 Å². The Kier molecular flexibility index (Phi) is 42.1. The van der Waals surface area contributed by atoms with Crippen molar-refractivity contribution in [3.63, 3.8) is 0 Å². The van der Waals surface area contributed by atoms with E-state index in [4.69, 9.17) is 28.4 Å². The SMILES string of the molecule is CCCCCCCCCCCCCCCCCCCCCCCCCC(=O)N[C@@H](CCCCCCCCCCCCCCC)CO[C@H]1O[C@H](COC(C)=O)[C@H](OC(C)=O)[C@H](OC(C)=O)[C@H]1OC(C)=O. The Morgan fingerprint density at radius 3 is 1.12 bits per heavy atom. The van der Waals surface area contributed by atoms with Crippen LogP contribution in [-0.2, 0) is 52.4 Å². The summed E-state index contributed by atoms with van der Waals surface area (Å²) in [5.41, 5.74) is 0. The van der Waals surface area contributed by atoms with Crippen molar-refractivity contribution in [3.8, 4) is 0 Å². The fraction of sp³-hybridized carbons (Fsp3) is 0.912. The van der Waals surface area contributed by atoms with E-state index in [1.165, 1.54) is 220 Å². The van der Waals surface area contributed by atoms with Crippen molar-refractivity contribution in [1.82, 2.24) is 5.32 Å². The van der Waals surface area contributed by atoms with Crippen molar-refractivity contribution in [1.29, 1.82) is 0 Å². The Labute approximate surface area is 421 Å². The molecule has 1 saturated heterocycles. The molecule has 0 aromatic carbocycles. The van der Waals surface area contributed by atoms with Crippen molar-refractivity contribution in [2.45, 2.75) is 322 Å². The average molecular weight is 980 g/mol. The summed E-state index contributed by atoms with van der Waals surface area (Å²) in [6.07, 6.45) is 41.3. The van der Waals surface area contributed by atoms with E-state index in [2.05, 4.69) is 19.2 Å². The zero-order valence-corrected chi connectivity index (χ0v) is 45.2. The maximum atomic E-state index is 13.4. The second-order valence-corrected chi connectivity index (χ2v) is 20.2. The zero-order chi connectivity index (χ0) is 50.6. The lowest BCUT2D eigenvalue weighted by Gasteiger charge is -2.44. The first-order chi connectivity index (χ1) is 33.5. The van der Waals surface area contributed by atoms with Crippen LogP contribution in [0.4, 0.5) is 0 Å². The Hall–Kier alpha value is -2.73. The number of rotatable bonds is 47. The monoisotopic (exact) mass is 980 g/mol. The molecule has 0 spiro atoms. The van der Waals surface area contributed by atoms with E-state index < -0.39 is 54.6 Å². The van der Waals surface area contributed by atoms with E-state index >= 15 is 0 Å². The third-order valence-corrected chi connectivity index (χ3v) is 13.4. The van der Waals surface area contributed by atoms with Gasteiger partial charge in [0.15, 0.2) is 24.6 Å². The number of amides is 1. The van der Waals surface area contributed by atoms with Gasteiger partial charge in [-0.15, -0.1) is 0 Å². The molecule has 12 nitrogen and oxygen atoms in total. The predicted octanol–water partition coefficient (Wildman–Crippen LogP) is 14.4. The standard InChI is InChI=1S/C57H105NO11/c1-7-9-11-13-15-17-19-21-22-23-24-25-26-27-28-29-30-32-34-36-38-40-42-44-53(63)58-51(43-41-39-37-35-33-31-20-18-16-14-12-10-8-2)45-65-57-56(68-50(6)62)55(67-49(5)61)54(66-48(4)60)52(69-57)46-64-47(3)59/h51-52,54-57H,7-46H2,1-6H3,(H,58,63)/t51-,52+,54-,55-,56+,57-/m0/s1. The molecule has 0 bridgehead atoms. The summed E-state index contributed by atoms with van der Waals surface area (Å²) in [5.74, 6) is -2.73. The van der Waals surface area contributed by atoms with Crippen LogP contribution in [0.25, 0.3) is 0 Å². The van der Waals surface area contributed by atoms with E-state index in [1.807, 2.05) is 0 Å². The normalized spacial score (nSPS) is 18.4. The van der Waals surface area contributed by atoms with Crippen LogP contribution in [0, 0.1) is 0 Å². The maximum absolute atomic E-state index is 13.4. The molecule has 1 aliphatic heterocycles. The van der Waals surface area contributed by atoms with Crippen LogP contribution in [0.5, 0.6) is 0 Å². The second-order valence-electron chi connectivity index (χ2n) is 20.2. The highest BCUT2D eigenvalue weighted by Gasteiger charge is 2.53. The third kappa shape index (κ3) is 37.7. The van der Waals surface area contributed by atoms with Gasteiger partial charge in [0.25, 0.3) is 0 Å². The molecule has 404 valence electrons. The molecule has 6 atom stereocenters. The lowest BCUT2D eigenvalue weighted by molar-refractivity contribution is -0.309. The van der Waals surface area contributed by atoms with Gasteiger partial charge in [-0.05, 0) is 12.8 Å². The lowest BCUT2D eigenvalue weighted by atomic mass is 9.98. The van der Waals surface area contributed by atoms with Crippen LogP contribution in [0.3, 0.4) is 0 Å². The van der Waals surface area contributed by atoms with E-state index in [1.54, 1.807) is 0 Å². The molecule has 69 heavy (non-hydrogen) atoms. The number of carbonyl (C=O) groups excluding carboxylic acids is 5. The minimum atomic E-state index is -1.32. The smallest absolute Gasteiger partial charge is 0.303 e. The number of hydrogen-bond acceptors (Lipinski definition) is 11. The molecule has 0 saturated carbocycles. The number of esters is 4. The largest absolute Gasteiger partial charge is 0.463 e. The molecule has 1 aliphatic rings. The van der Waals surface area contributed by atoms with E-state index in [-0.39, 0.29) is 25.2 Å². The number of nitrogens with one attached hydrogen (secondary N) is 1. The van der Waals surface area contributed by atoms with Crippen LogP contribution in [-0.4, -0.2) is 79.7 Å². The van der Waals surface area contributed by atoms with Gasteiger partial charge in [-0.1, -0.05) is 239 Å². The number of hydrogen-bond donors (Lipinski definition) is 1. The summed E-state index contributed by atoms with van der Waals surface area (Å²) < 4.78 is 34.4. The fourth-order valence-electron chi connectivity index (χ4n) is 9.51. The lowest BCUT2D eigenvalue weighted by Crippen LogP contribution is -2.63. The molecule has 1 amide bonds. The Morgan fingerprint density at radius 2 is 0.754 bits per heavy atom. The Balaban J connectivity index is 2.59. The van der Waals surface area contributed by atoms with Gasteiger partial charge in [-0.25, -0.2) is 0 Å². The number of unbranched alkanes of at least 4 members (excludes halogenated alkanes) is 34. The molecule has 0 aromatic rings.